The molecule has 8 heteroatoms. The molecule has 0 spiro atoms. The van der Waals surface area contributed by atoms with Gasteiger partial charge in [0.25, 0.3) is 0 Å². The van der Waals surface area contributed by atoms with Gasteiger partial charge in [0.2, 0.25) is 0 Å². The molecule has 1 saturated heterocycles. The minimum Gasteiger partial charge on any atom is -0.497 e. The number of ether oxygens (including phenoxy) is 6. The monoisotopic (exact) mass is 510 g/mol. The van der Waals surface area contributed by atoms with Crippen LogP contribution in [-0.4, -0.2) is 61.7 Å². The molecule has 1 aliphatic rings. The Labute approximate surface area is 217 Å². The highest BCUT2D eigenvalue weighted by Crippen LogP contribution is 2.30. The van der Waals surface area contributed by atoms with Gasteiger partial charge in [0.15, 0.2) is 6.29 Å². The summed E-state index contributed by atoms with van der Waals surface area (Å²) in [5.74, 6) is 1.49. The van der Waals surface area contributed by atoms with E-state index in [0.717, 1.165) is 28.2 Å². The Balaban J connectivity index is 1.53. The Morgan fingerprint density at radius 3 is 1.57 bits per heavy atom. The highest BCUT2D eigenvalue weighted by atomic mass is 16.7. The summed E-state index contributed by atoms with van der Waals surface area (Å²) < 4.78 is 34.9. The fourth-order valence-electron chi connectivity index (χ4n) is 4.21. The van der Waals surface area contributed by atoms with Gasteiger partial charge in [-0.3, -0.25) is 0 Å². The number of rotatable bonds is 12. The smallest absolute Gasteiger partial charge is 0.184 e. The van der Waals surface area contributed by atoms with Crippen molar-refractivity contribution in [2.45, 2.75) is 50.5 Å². The van der Waals surface area contributed by atoms with E-state index < -0.39 is 30.7 Å². The Bertz CT molecular complexity index is 1060. The van der Waals surface area contributed by atoms with E-state index in [-0.39, 0.29) is 26.4 Å². The SMILES string of the molecule is COc1ccc(CO[C@@H]2[C@@H](OCc3ccccc3)[C@@H](O)O[C@H](CO)[C@H]2OCc2ccc(OC)cc2)cc1. The van der Waals surface area contributed by atoms with Gasteiger partial charge in [0, 0.05) is 0 Å². The lowest BCUT2D eigenvalue weighted by Crippen LogP contribution is -2.61. The molecule has 4 rings (SSSR count). The first kappa shape index (κ1) is 27.1. The van der Waals surface area contributed by atoms with Crippen LogP contribution in [0.15, 0.2) is 78.9 Å². The van der Waals surface area contributed by atoms with E-state index in [1.54, 1.807) is 14.2 Å². The molecule has 1 heterocycles. The van der Waals surface area contributed by atoms with Gasteiger partial charge in [0.05, 0.1) is 40.6 Å². The summed E-state index contributed by atoms with van der Waals surface area (Å²) in [5.41, 5.74) is 2.78. The summed E-state index contributed by atoms with van der Waals surface area (Å²) in [6.45, 7) is 0.396. The van der Waals surface area contributed by atoms with E-state index in [2.05, 4.69) is 0 Å². The first-order valence-electron chi connectivity index (χ1n) is 12.2. The van der Waals surface area contributed by atoms with Crippen LogP contribution in [0.3, 0.4) is 0 Å². The lowest BCUT2D eigenvalue weighted by Gasteiger charge is -2.44. The molecule has 5 atom stereocenters. The molecule has 0 bridgehead atoms. The average molecular weight is 511 g/mol. The summed E-state index contributed by atoms with van der Waals surface area (Å²) in [5, 5.41) is 20.9. The van der Waals surface area contributed by atoms with Crippen LogP contribution >= 0.6 is 0 Å². The van der Waals surface area contributed by atoms with E-state index in [1.165, 1.54) is 0 Å². The first-order valence-corrected chi connectivity index (χ1v) is 12.2. The largest absolute Gasteiger partial charge is 0.497 e. The maximum atomic E-state index is 10.8. The fraction of sp³-hybridized carbons (Fsp3) is 0.379. The molecule has 198 valence electrons. The van der Waals surface area contributed by atoms with E-state index in [9.17, 15) is 10.2 Å². The Hall–Kier alpha value is -2.98. The second kappa shape index (κ2) is 13.5. The summed E-state index contributed by atoms with van der Waals surface area (Å²) in [6.07, 6.45) is -4.37. The molecular formula is C29H34O8. The summed E-state index contributed by atoms with van der Waals surface area (Å²) >= 11 is 0. The van der Waals surface area contributed by atoms with Gasteiger partial charge >= 0.3 is 0 Å². The normalized spacial score (nSPS) is 23.5. The molecule has 0 unspecified atom stereocenters. The molecule has 1 aliphatic heterocycles. The maximum absolute atomic E-state index is 10.8. The third-order valence-electron chi connectivity index (χ3n) is 6.28. The zero-order valence-corrected chi connectivity index (χ0v) is 21.1. The van der Waals surface area contributed by atoms with Crippen molar-refractivity contribution in [2.24, 2.45) is 0 Å². The van der Waals surface area contributed by atoms with Crippen molar-refractivity contribution in [3.63, 3.8) is 0 Å². The number of benzene rings is 3. The van der Waals surface area contributed by atoms with Crippen molar-refractivity contribution in [3.05, 3.63) is 95.6 Å². The van der Waals surface area contributed by atoms with Crippen LogP contribution in [0.1, 0.15) is 16.7 Å². The maximum Gasteiger partial charge on any atom is 0.184 e. The van der Waals surface area contributed by atoms with Crippen molar-refractivity contribution >= 4 is 0 Å². The van der Waals surface area contributed by atoms with Gasteiger partial charge in [-0.25, -0.2) is 0 Å². The van der Waals surface area contributed by atoms with Crippen molar-refractivity contribution in [1.82, 2.24) is 0 Å². The molecule has 1 fully saturated rings. The molecule has 8 nitrogen and oxygen atoms in total. The van der Waals surface area contributed by atoms with Crippen LogP contribution in [0, 0.1) is 0 Å². The standard InChI is InChI=1S/C29H34O8/c1-32-23-12-8-21(9-13-23)18-34-26-25(16-30)37-29(31)28(36-17-20-6-4-3-5-7-20)27(26)35-19-22-10-14-24(33-2)15-11-22/h3-15,25-31H,16-19H2,1-2H3/t25-,26-,27+,28-,29+/m1/s1. The zero-order valence-electron chi connectivity index (χ0n) is 21.1. The fourth-order valence-corrected chi connectivity index (χ4v) is 4.21. The molecule has 0 amide bonds. The van der Waals surface area contributed by atoms with Gasteiger partial charge in [-0.05, 0) is 41.0 Å². The number of aliphatic hydroxyl groups excluding tert-OH is 2. The topological polar surface area (TPSA) is 95.8 Å². The minimum atomic E-state index is -1.30. The second-order valence-corrected chi connectivity index (χ2v) is 8.76. The van der Waals surface area contributed by atoms with Crippen molar-refractivity contribution < 1.29 is 38.6 Å². The van der Waals surface area contributed by atoms with Gasteiger partial charge in [-0.2, -0.15) is 0 Å². The molecular weight excluding hydrogens is 476 g/mol. The second-order valence-electron chi connectivity index (χ2n) is 8.76. The number of methoxy groups -OCH3 is 2. The van der Waals surface area contributed by atoms with E-state index in [4.69, 9.17) is 28.4 Å². The quantitative estimate of drug-likeness (QED) is 0.383. The highest BCUT2D eigenvalue weighted by Gasteiger charge is 2.47. The molecule has 0 aliphatic carbocycles. The predicted octanol–water partition coefficient (Wildman–Crippen LogP) is 3.47. The third-order valence-corrected chi connectivity index (χ3v) is 6.28. The van der Waals surface area contributed by atoms with Crippen LogP contribution in [0.25, 0.3) is 0 Å². The van der Waals surface area contributed by atoms with Gasteiger partial charge in [0.1, 0.15) is 35.9 Å². The first-order chi connectivity index (χ1) is 18.1. The van der Waals surface area contributed by atoms with Crippen molar-refractivity contribution in [2.75, 3.05) is 20.8 Å². The van der Waals surface area contributed by atoms with Gasteiger partial charge < -0.3 is 38.6 Å². The average Bonchev–Trinajstić information content (AvgIpc) is 2.95. The van der Waals surface area contributed by atoms with Gasteiger partial charge in [-0.1, -0.05) is 54.6 Å². The summed E-state index contributed by atoms with van der Waals surface area (Å²) in [4.78, 5) is 0. The highest BCUT2D eigenvalue weighted by molar-refractivity contribution is 5.27. The van der Waals surface area contributed by atoms with Crippen LogP contribution < -0.4 is 9.47 Å². The molecule has 0 radical (unpaired) electrons. The zero-order chi connectivity index (χ0) is 26.0. The van der Waals surface area contributed by atoms with E-state index in [1.807, 2.05) is 78.9 Å². The molecule has 2 N–H and O–H groups in total. The number of hydrogen-bond acceptors (Lipinski definition) is 8. The lowest BCUT2D eigenvalue weighted by atomic mass is 9.98. The van der Waals surface area contributed by atoms with Gasteiger partial charge in [-0.15, -0.1) is 0 Å². The molecule has 37 heavy (non-hydrogen) atoms. The minimum absolute atomic E-state index is 0.243. The molecule has 3 aromatic rings. The number of aliphatic hydroxyl groups is 2. The Morgan fingerprint density at radius 2 is 1.08 bits per heavy atom. The molecule has 3 aromatic carbocycles. The molecule has 0 aromatic heterocycles. The van der Waals surface area contributed by atoms with Crippen molar-refractivity contribution in [3.8, 4) is 11.5 Å². The van der Waals surface area contributed by atoms with Crippen LogP contribution in [0.5, 0.6) is 11.5 Å². The lowest BCUT2D eigenvalue weighted by molar-refractivity contribution is -0.315. The predicted molar refractivity (Wildman–Crippen MR) is 136 cm³/mol. The number of hydrogen-bond donors (Lipinski definition) is 2. The summed E-state index contributed by atoms with van der Waals surface area (Å²) in [6, 6.07) is 24.7. The van der Waals surface area contributed by atoms with Crippen LogP contribution in [0.2, 0.25) is 0 Å². The van der Waals surface area contributed by atoms with Crippen molar-refractivity contribution in [1.29, 1.82) is 0 Å². The third kappa shape index (κ3) is 7.29. The summed E-state index contributed by atoms with van der Waals surface area (Å²) in [7, 11) is 3.23. The van der Waals surface area contributed by atoms with Crippen LogP contribution in [0.4, 0.5) is 0 Å². The Morgan fingerprint density at radius 1 is 0.622 bits per heavy atom. The van der Waals surface area contributed by atoms with Crippen LogP contribution in [-0.2, 0) is 38.8 Å². The molecule has 0 saturated carbocycles. The Kier molecular flexibility index (Phi) is 9.90. The van der Waals surface area contributed by atoms with E-state index >= 15 is 0 Å². The van der Waals surface area contributed by atoms with E-state index in [0.29, 0.717) is 0 Å².